The fourth-order valence-corrected chi connectivity index (χ4v) is 2.46. The van der Waals surface area contributed by atoms with Crippen molar-refractivity contribution in [2.24, 2.45) is 0 Å². The van der Waals surface area contributed by atoms with E-state index < -0.39 is 0 Å². The summed E-state index contributed by atoms with van der Waals surface area (Å²) in [5, 5.41) is 3.28. The van der Waals surface area contributed by atoms with Gasteiger partial charge in [-0.05, 0) is 37.8 Å². The zero-order chi connectivity index (χ0) is 13.9. The van der Waals surface area contributed by atoms with Crippen molar-refractivity contribution in [2.45, 2.75) is 38.2 Å². The van der Waals surface area contributed by atoms with Crippen LogP contribution in [0, 0.1) is 0 Å². The highest BCUT2D eigenvalue weighted by atomic mass is 35.5. The molecule has 0 aliphatic heterocycles. The monoisotopic (exact) mass is 282 g/mol. The molecule has 1 aliphatic rings. The van der Waals surface area contributed by atoms with Crippen LogP contribution in [0.1, 0.15) is 42.2 Å². The molecule has 0 unspecified atom stereocenters. The summed E-state index contributed by atoms with van der Waals surface area (Å²) in [5.74, 6) is -0.123. The average molecular weight is 283 g/mol. The quantitative estimate of drug-likeness (QED) is 0.845. The Morgan fingerprint density at radius 2 is 2.26 bits per heavy atom. The second-order valence-electron chi connectivity index (χ2n) is 4.95. The van der Waals surface area contributed by atoms with E-state index in [0.717, 1.165) is 31.4 Å². The standard InChI is InChI=1S/C14H19ClN2O2/c1-3-11-7-10(8-12(15)17-11)13(18)16-9-14(19-2)5-4-6-14/h7-8H,3-6,9H2,1-2H3,(H,16,18). The molecule has 1 aliphatic carbocycles. The van der Waals surface area contributed by atoms with Crippen molar-refractivity contribution in [1.82, 2.24) is 10.3 Å². The van der Waals surface area contributed by atoms with Gasteiger partial charge in [-0.1, -0.05) is 18.5 Å². The summed E-state index contributed by atoms with van der Waals surface area (Å²) in [6, 6.07) is 3.37. The molecule has 0 spiro atoms. The average Bonchev–Trinajstić information content (AvgIpc) is 2.37. The van der Waals surface area contributed by atoms with Crippen LogP contribution in [0.2, 0.25) is 5.15 Å². The molecule has 1 amide bonds. The van der Waals surface area contributed by atoms with Gasteiger partial charge >= 0.3 is 0 Å². The van der Waals surface area contributed by atoms with Gasteiger partial charge in [0.05, 0.1) is 5.60 Å². The van der Waals surface area contributed by atoms with E-state index >= 15 is 0 Å². The van der Waals surface area contributed by atoms with Gasteiger partial charge in [0, 0.05) is 24.9 Å². The number of pyridine rings is 1. The summed E-state index contributed by atoms with van der Waals surface area (Å²) in [7, 11) is 1.70. The molecule has 0 bridgehead atoms. The SMILES string of the molecule is CCc1cc(C(=O)NCC2(OC)CCC2)cc(Cl)n1. The van der Waals surface area contributed by atoms with E-state index in [1.165, 1.54) is 0 Å². The normalized spacial score (nSPS) is 16.8. The van der Waals surface area contributed by atoms with Crippen LogP contribution in [0.3, 0.4) is 0 Å². The molecule has 1 saturated carbocycles. The number of methoxy groups -OCH3 is 1. The Balaban J connectivity index is 2.01. The molecule has 1 N–H and O–H groups in total. The number of nitrogens with one attached hydrogen (secondary N) is 1. The lowest BCUT2D eigenvalue weighted by atomic mass is 9.80. The summed E-state index contributed by atoms with van der Waals surface area (Å²) in [4.78, 5) is 16.3. The Bertz CT molecular complexity index is 467. The van der Waals surface area contributed by atoms with Crippen molar-refractivity contribution >= 4 is 17.5 Å². The second kappa shape index (κ2) is 5.88. The summed E-state index contributed by atoms with van der Waals surface area (Å²) >= 11 is 5.91. The van der Waals surface area contributed by atoms with E-state index in [4.69, 9.17) is 16.3 Å². The highest BCUT2D eigenvalue weighted by molar-refractivity contribution is 6.29. The van der Waals surface area contributed by atoms with Crippen LogP contribution < -0.4 is 5.32 Å². The van der Waals surface area contributed by atoms with E-state index in [1.807, 2.05) is 6.92 Å². The highest BCUT2D eigenvalue weighted by Gasteiger charge is 2.37. The van der Waals surface area contributed by atoms with Crippen molar-refractivity contribution in [3.63, 3.8) is 0 Å². The highest BCUT2D eigenvalue weighted by Crippen LogP contribution is 2.34. The van der Waals surface area contributed by atoms with Crippen LogP contribution in [0.4, 0.5) is 0 Å². The van der Waals surface area contributed by atoms with Crippen LogP contribution in [0.5, 0.6) is 0 Å². The van der Waals surface area contributed by atoms with Gasteiger partial charge in [-0.15, -0.1) is 0 Å². The summed E-state index contributed by atoms with van der Waals surface area (Å²) in [6.45, 7) is 2.53. The van der Waals surface area contributed by atoms with Gasteiger partial charge in [-0.3, -0.25) is 4.79 Å². The molecule has 0 aromatic carbocycles. The molecule has 4 nitrogen and oxygen atoms in total. The molecular weight excluding hydrogens is 264 g/mol. The molecule has 104 valence electrons. The zero-order valence-electron chi connectivity index (χ0n) is 11.3. The van der Waals surface area contributed by atoms with Crippen molar-refractivity contribution in [3.8, 4) is 0 Å². The lowest BCUT2D eigenvalue weighted by Crippen LogP contribution is -2.49. The molecular formula is C14H19ClN2O2. The van der Waals surface area contributed by atoms with E-state index in [1.54, 1.807) is 19.2 Å². The van der Waals surface area contributed by atoms with Crippen LogP contribution in [-0.4, -0.2) is 30.1 Å². The number of halogens is 1. The van der Waals surface area contributed by atoms with Gasteiger partial charge in [0.25, 0.3) is 5.91 Å². The van der Waals surface area contributed by atoms with Crippen LogP contribution >= 0.6 is 11.6 Å². The first-order valence-corrected chi connectivity index (χ1v) is 6.96. The molecule has 0 saturated heterocycles. The third-order valence-electron chi connectivity index (χ3n) is 3.74. The predicted molar refractivity (Wildman–Crippen MR) is 74.5 cm³/mol. The number of nitrogens with zero attached hydrogens (tertiary/aromatic N) is 1. The van der Waals surface area contributed by atoms with Crippen LogP contribution in [0.15, 0.2) is 12.1 Å². The first-order valence-electron chi connectivity index (χ1n) is 6.58. The minimum atomic E-state index is -0.167. The van der Waals surface area contributed by atoms with E-state index in [9.17, 15) is 4.79 Å². The molecule has 0 radical (unpaired) electrons. The third-order valence-corrected chi connectivity index (χ3v) is 3.93. The fourth-order valence-electron chi connectivity index (χ4n) is 2.23. The van der Waals surface area contributed by atoms with E-state index in [2.05, 4.69) is 10.3 Å². The molecule has 1 aromatic rings. The van der Waals surface area contributed by atoms with Gasteiger partial charge in [-0.25, -0.2) is 4.98 Å². The number of aromatic nitrogens is 1. The van der Waals surface area contributed by atoms with Crippen molar-refractivity contribution in [2.75, 3.05) is 13.7 Å². The van der Waals surface area contributed by atoms with E-state index in [-0.39, 0.29) is 11.5 Å². The second-order valence-corrected chi connectivity index (χ2v) is 5.33. The number of aryl methyl sites for hydroxylation is 1. The van der Waals surface area contributed by atoms with Gasteiger partial charge in [0.1, 0.15) is 5.15 Å². The number of hydrogen-bond donors (Lipinski definition) is 1. The lowest BCUT2D eigenvalue weighted by molar-refractivity contribution is -0.0679. The predicted octanol–water partition coefficient (Wildman–Crippen LogP) is 2.60. The number of carbonyl (C=O) groups is 1. The Morgan fingerprint density at radius 3 is 2.79 bits per heavy atom. The molecule has 1 fully saturated rings. The van der Waals surface area contributed by atoms with Gasteiger partial charge in [-0.2, -0.15) is 0 Å². The number of ether oxygens (including phenoxy) is 1. The molecule has 5 heteroatoms. The number of rotatable bonds is 5. The van der Waals surface area contributed by atoms with Gasteiger partial charge in [0.2, 0.25) is 0 Å². The zero-order valence-corrected chi connectivity index (χ0v) is 12.1. The summed E-state index contributed by atoms with van der Waals surface area (Å²) in [6.07, 6.45) is 3.91. The maximum absolute atomic E-state index is 12.1. The van der Waals surface area contributed by atoms with E-state index in [0.29, 0.717) is 17.3 Å². The summed E-state index contributed by atoms with van der Waals surface area (Å²) in [5.41, 5.74) is 1.21. The summed E-state index contributed by atoms with van der Waals surface area (Å²) < 4.78 is 5.48. The Morgan fingerprint density at radius 1 is 1.53 bits per heavy atom. The number of carbonyl (C=O) groups excluding carboxylic acids is 1. The van der Waals surface area contributed by atoms with Crippen LogP contribution in [-0.2, 0) is 11.2 Å². The molecule has 19 heavy (non-hydrogen) atoms. The van der Waals surface area contributed by atoms with Crippen molar-refractivity contribution < 1.29 is 9.53 Å². The smallest absolute Gasteiger partial charge is 0.251 e. The molecule has 1 heterocycles. The minimum absolute atomic E-state index is 0.123. The Labute approximate surface area is 118 Å². The maximum Gasteiger partial charge on any atom is 0.251 e. The molecule has 1 aromatic heterocycles. The maximum atomic E-state index is 12.1. The Kier molecular flexibility index (Phi) is 4.42. The minimum Gasteiger partial charge on any atom is -0.376 e. The first kappa shape index (κ1) is 14.3. The molecule has 2 rings (SSSR count). The Hall–Kier alpha value is -1.13. The first-order chi connectivity index (χ1) is 9.08. The largest absolute Gasteiger partial charge is 0.376 e. The molecule has 0 atom stereocenters. The number of hydrogen-bond acceptors (Lipinski definition) is 3. The third kappa shape index (κ3) is 3.25. The van der Waals surface area contributed by atoms with Gasteiger partial charge < -0.3 is 10.1 Å². The van der Waals surface area contributed by atoms with Gasteiger partial charge in [0.15, 0.2) is 0 Å². The topological polar surface area (TPSA) is 51.2 Å². The van der Waals surface area contributed by atoms with Crippen molar-refractivity contribution in [3.05, 3.63) is 28.5 Å². The van der Waals surface area contributed by atoms with Crippen molar-refractivity contribution in [1.29, 1.82) is 0 Å². The van der Waals surface area contributed by atoms with Crippen LogP contribution in [0.25, 0.3) is 0 Å². The fraction of sp³-hybridized carbons (Fsp3) is 0.571. The number of amides is 1. The lowest BCUT2D eigenvalue weighted by Gasteiger charge is -2.40.